The van der Waals surface area contributed by atoms with Crippen molar-refractivity contribution in [2.24, 2.45) is 0 Å². The van der Waals surface area contributed by atoms with Gasteiger partial charge in [0.1, 0.15) is 5.82 Å². The van der Waals surface area contributed by atoms with Gasteiger partial charge >= 0.3 is 0 Å². The van der Waals surface area contributed by atoms with Crippen LogP contribution in [-0.4, -0.2) is 21.0 Å². The first-order valence-corrected chi connectivity index (χ1v) is 6.13. The van der Waals surface area contributed by atoms with Crippen LogP contribution in [0.1, 0.15) is 24.1 Å². The topological polar surface area (TPSA) is 42.7 Å². The van der Waals surface area contributed by atoms with Crippen LogP contribution in [0.15, 0.2) is 24.4 Å². The van der Waals surface area contributed by atoms with Crippen molar-refractivity contribution >= 4 is 0 Å². The second-order valence-corrected chi connectivity index (χ2v) is 4.74. The molecule has 3 rings (SSSR count). The molecule has 1 aliphatic rings. The van der Waals surface area contributed by atoms with Crippen LogP contribution in [0, 0.1) is 12.7 Å². The van der Waals surface area contributed by atoms with Gasteiger partial charge in [-0.05, 0) is 37.5 Å². The van der Waals surface area contributed by atoms with Crippen molar-refractivity contribution in [2.75, 3.05) is 0 Å². The van der Waals surface area contributed by atoms with Gasteiger partial charge in [0.2, 0.25) is 0 Å². The maximum atomic E-state index is 13.2. The second kappa shape index (κ2) is 4.49. The predicted octanol–water partition coefficient (Wildman–Crippen LogP) is 1.97. The molecule has 0 aliphatic heterocycles. The number of aromatic nitrogens is 3. The highest BCUT2D eigenvalue weighted by molar-refractivity contribution is 5.39. The number of halogens is 1. The zero-order valence-electron chi connectivity index (χ0n) is 10.2. The zero-order valence-corrected chi connectivity index (χ0v) is 10.2. The van der Waals surface area contributed by atoms with E-state index >= 15 is 0 Å². The third-order valence-corrected chi connectivity index (χ3v) is 3.11. The first-order chi connectivity index (χ1) is 8.72. The summed E-state index contributed by atoms with van der Waals surface area (Å²) in [6, 6.07) is 5.31. The Bertz CT molecular complexity index is 560. The Labute approximate surface area is 105 Å². The highest BCUT2D eigenvalue weighted by atomic mass is 19.1. The van der Waals surface area contributed by atoms with Crippen LogP contribution < -0.4 is 5.32 Å². The summed E-state index contributed by atoms with van der Waals surface area (Å²) in [4.78, 5) is 0. The Morgan fingerprint density at radius 3 is 3.06 bits per heavy atom. The molecule has 1 aliphatic carbocycles. The average molecular weight is 246 g/mol. The van der Waals surface area contributed by atoms with Crippen molar-refractivity contribution in [1.29, 1.82) is 0 Å². The summed E-state index contributed by atoms with van der Waals surface area (Å²) >= 11 is 0. The van der Waals surface area contributed by atoms with Crippen LogP contribution in [0.3, 0.4) is 0 Å². The van der Waals surface area contributed by atoms with Gasteiger partial charge in [-0.25, -0.2) is 9.07 Å². The average Bonchev–Trinajstić information content (AvgIpc) is 3.08. The first kappa shape index (κ1) is 11.3. The number of rotatable bonds is 4. The summed E-state index contributed by atoms with van der Waals surface area (Å²) < 4.78 is 14.9. The Morgan fingerprint density at radius 1 is 1.44 bits per heavy atom. The molecule has 0 saturated heterocycles. The van der Waals surface area contributed by atoms with Crippen molar-refractivity contribution in [3.63, 3.8) is 0 Å². The molecular weight excluding hydrogens is 231 g/mol. The molecule has 0 bridgehead atoms. The standard InChI is InChI=1S/C13H15FN4/c1-9-2-3-10(14)6-13(9)18-8-12(16-17-18)7-15-11-4-5-11/h2-3,6,8,11,15H,4-5,7H2,1H3. The normalized spacial score (nSPS) is 15.0. The Balaban J connectivity index is 1.80. The third kappa shape index (κ3) is 2.41. The second-order valence-electron chi connectivity index (χ2n) is 4.74. The highest BCUT2D eigenvalue weighted by Gasteiger charge is 2.20. The van der Waals surface area contributed by atoms with E-state index < -0.39 is 0 Å². The largest absolute Gasteiger partial charge is 0.308 e. The lowest BCUT2D eigenvalue weighted by Crippen LogP contribution is -2.15. The SMILES string of the molecule is Cc1ccc(F)cc1-n1cc(CNC2CC2)nn1. The molecule has 0 amide bonds. The van der Waals surface area contributed by atoms with Crippen LogP contribution in [0.5, 0.6) is 0 Å². The van der Waals surface area contributed by atoms with Crippen molar-refractivity contribution in [1.82, 2.24) is 20.3 Å². The molecule has 1 aromatic carbocycles. The molecule has 1 fully saturated rings. The monoisotopic (exact) mass is 246 g/mol. The minimum absolute atomic E-state index is 0.260. The van der Waals surface area contributed by atoms with Crippen molar-refractivity contribution in [3.8, 4) is 5.69 Å². The molecule has 0 spiro atoms. The lowest BCUT2D eigenvalue weighted by atomic mass is 10.2. The minimum atomic E-state index is -0.260. The van der Waals surface area contributed by atoms with E-state index in [1.807, 2.05) is 13.1 Å². The van der Waals surface area contributed by atoms with Gasteiger partial charge in [-0.15, -0.1) is 5.10 Å². The maximum absolute atomic E-state index is 13.2. The molecule has 18 heavy (non-hydrogen) atoms. The fourth-order valence-corrected chi connectivity index (χ4v) is 1.86. The van der Waals surface area contributed by atoms with Gasteiger partial charge in [0.15, 0.2) is 0 Å². The lowest BCUT2D eigenvalue weighted by Gasteiger charge is -2.04. The molecule has 1 N–H and O–H groups in total. The van der Waals surface area contributed by atoms with Crippen molar-refractivity contribution in [2.45, 2.75) is 32.4 Å². The molecule has 0 radical (unpaired) electrons. The first-order valence-electron chi connectivity index (χ1n) is 6.13. The smallest absolute Gasteiger partial charge is 0.125 e. The van der Waals surface area contributed by atoms with Gasteiger partial charge in [-0.3, -0.25) is 0 Å². The summed E-state index contributed by atoms with van der Waals surface area (Å²) in [5, 5.41) is 11.5. The van der Waals surface area contributed by atoms with E-state index in [9.17, 15) is 4.39 Å². The molecule has 5 heteroatoms. The molecular formula is C13H15FN4. The predicted molar refractivity (Wildman–Crippen MR) is 65.9 cm³/mol. The number of hydrogen-bond donors (Lipinski definition) is 1. The third-order valence-electron chi connectivity index (χ3n) is 3.11. The van der Waals surface area contributed by atoms with Gasteiger partial charge in [0.25, 0.3) is 0 Å². The Hall–Kier alpha value is -1.75. The number of hydrogen-bond acceptors (Lipinski definition) is 3. The fourth-order valence-electron chi connectivity index (χ4n) is 1.86. The van der Waals surface area contributed by atoms with E-state index in [1.165, 1.54) is 25.0 Å². The summed E-state index contributed by atoms with van der Waals surface area (Å²) in [7, 11) is 0. The van der Waals surface area contributed by atoms with Crippen molar-refractivity contribution in [3.05, 3.63) is 41.5 Å². The Morgan fingerprint density at radius 2 is 2.28 bits per heavy atom. The maximum Gasteiger partial charge on any atom is 0.125 e. The van der Waals surface area contributed by atoms with Gasteiger partial charge in [0.05, 0.1) is 17.6 Å². The van der Waals surface area contributed by atoms with Crippen LogP contribution in [0.4, 0.5) is 4.39 Å². The molecule has 4 nitrogen and oxygen atoms in total. The van der Waals surface area contributed by atoms with Gasteiger partial charge < -0.3 is 5.32 Å². The molecule has 2 aromatic rings. The minimum Gasteiger partial charge on any atom is -0.308 e. The van der Waals surface area contributed by atoms with Gasteiger partial charge in [-0.1, -0.05) is 11.3 Å². The molecule has 0 unspecified atom stereocenters. The van der Waals surface area contributed by atoms with Gasteiger partial charge in [-0.2, -0.15) is 0 Å². The van der Waals surface area contributed by atoms with Crippen LogP contribution in [0.2, 0.25) is 0 Å². The molecule has 1 aromatic heterocycles. The number of nitrogens with one attached hydrogen (secondary N) is 1. The van der Waals surface area contributed by atoms with Gasteiger partial charge in [0, 0.05) is 12.6 Å². The summed E-state index contributed by atoms with van der Waals surface area (Å²) in [5.74, 6) is -0.260. The Kier molecular flexibility index (Phi) is 2.83. The van der Waals surface area contributed by atoms with Crippen LogP contribution in [0.25, 0.3) is 5.69 Å². The molecule has 1 saturated carbocycles. The van der Waals surface area contributed by atoms with E-state index in [1.54, 1.807) is 10.7 Å². The van der Waals surface area contributed by atoms with Crippen molar-refractivity contribution < 1.29 is 4.39 Å². The van der Waals surface area contributed by atoms with E-state index in [0.29, 0.717) is 6.04 Å². The zero-order chi connectivity index (χ0) is 12.5. The van der Waals surface area contributed by atoms with Crippen LogP contribution in [-0.2, 0) is 6.54 Å². The highest BCUT2D eigenvalue weighted by Crippen LogP contribution is 2.19. The number of benzene rings is 1. The summed E-state index contributed by atoms with van der Waals surface area (Å²) in [5.41, 5.74) is 2.59. The fraction of sp³-hybridized carbons (Fsp3) is 0.385. The molecule has 94 valence electrons. The number of nitrogens with zero attached hydrogens (tertiary/aromatic N) is 3. The summed E-state index contributed by atoms with van der Waals surface area (Å²) in [6.45, 7) is 2.65. The van der Waals surface area contributed by atoms with Crippen LogP contribution >= 0.6 is 0 Å². The van der Waals surface area contributed by atoms with E-state index in [2.05, 4.69) is 15.6 Å². The lowest BCUT2D eigenvalue weighted by molar-refractivity contribution is 0.624. The van der Waals surface area contributed by atoms with E-state index in [4.69, 9.17) is 0 Å². The molecule has 1 heterocycles. The quantitative estimate of drug-likeness (QED) is 0.896. The summed E-state index contributed by atoms with van der Waals surface area (Å²) in [6.07, 6.45) is 4.34. The van der Waals surface area contributed by atoms with E-state index in [0.717, 1.165) is 23.5 Å². The number of aryl methyl sites for hydroxylation is 1. The van der Waals surface area contributed by atoms with E-state index in [-0.39, 0.29) is 5.82 Å². The molecule has 0 atom stereocenters.